The Morgan fingerprint density at radius 1 is 1.05 bits per heavy atom. The molecule has 0 aliphatic rings. The fourth-order valence-electron chi connectivity index (χ4n) is 2.08. The van der Waals surface area contributed by atoms with E-state index in [1.807, 2.05) is 54.6 Å². The van der Waals surface area contributed by atoms with E-state index in [4.69, 9.17) is 4.74 Å². The first-order valence-electron chi connectivity index (χ1n) is 6.73. The van der Waals surface area contributed by atoms with Crippen LogP contribution in [0.25, 0.3) is 0 Å². The third-order valence-electron chi connectivity index (χ3n) is 3.18. The number of aliphatic hydroxyl groups is 1. The minimum atomic E-state index is -0.869. The molecule has 5 nitrogen and oxygen atoms in total. The van der Waals surface area contributed by atoms with Gasteiger partial charge in [-0.25, -0.2) is 9.67 Å². The van der Waals surface area contributed by atoms with E-state index in [-0.39, 0.29) is 0 Å². The molecule has 0 aliphatic carbocycles. The molecule has 0 aliphatic heterocycles. The van der Waals surface area contributed by atoms with Crippen LogP contribution in [0.3, 0.4) is 0 Å². The summed E-state index contributed by atoms with van der Waals surface area (Å²) in [5, 5.41) is 14.7. The second-order valence-electron chi connectivity index (χ2n) is 4.69. The van der Waals surface area contributed by atoms with Gasteiger partial charge >= 0.3 is 0 Å². The first-order valence-corrected chi connectivity index (χ1v) is 7.53. The summed E-state index contributed by atoms with van der Waals surface area (Å²) in [6, 6.07) is 16.7. The zero-order valence-electron chi connectivity index (χ0n) is 11.6. The molecule has 0 saturated heterocycles. The Kier molecular flexibility index (Phi) is 4.50. The van der Waals surface area contributed by atoms with Gasteiger partial charge in [0.2, 0.25) is 6.23 Å². The molecule has 0 fully saturated rings. The van der Waals surface area contributed by atoms with Crippen molar-refractivity contribution in [1.82, 2.24) is 14.8 Å². The van der Waals surface area contributed by atoms with Crippen molar-refractivity contribution in [3.05, 3.63) is 77.3 Å². The number of aliphatic hydroxyl groups excluding tert-OH is 1. The van der Waals surface area contributed by atoms with Gasteiger partial charge in [0.15, 0.2) is 0 Å². The van der Waals surface area contributed by atoms with Crippen LogP contribution in [0, 0.1) is 0 Å². The Hall–Kier alpha value is -2.18. The van der Waals surface area contributed by atoms with Crippen molar-refractivity contribution in [1.29, 1.82) is 0 Å². The Bertz CT molecular complexity index is 702. The highest BCUT2D eigenvalue weighted by Crippen LogP contribution is 2.29. The summed E-state index contributed by atoms with van der Waals surface area (Å²) in [6.45, 7) is 0. The molecule has 0 saturated carbocycles. The summed E-state index contributed by atoms with van der Waals surface area (Å²) < 4.78 is 8.38. The maximum atomic E-state index is 10.6. The third-order valence-corrected chi connectivity index (χ3v) is 3.71. The third kappa shape index (κ3) is 3.35. The van der Waals surface area contributed by atoms with Gasteiger partial charge in [-0.1, -0.05) is 46.3 Å². The SMILES string of the molecule is OC(c1ccccc1)C(Oc1ccc(Br)cc1)n1cncn1. The Balaban J connectivity index is 1.89. The van der Waals surface area contributed by atoms with Gasteiger partial charge in [0.1, 0.15) is 24.5 Å². The van der Waals surface area contributed by atoms with Crippen LogP contribution in [0.15, 0.2) is 71.7 Å². The van der Waals surface area contributed by atoms with Gasteiger partial charge in [-0.15, -0.1) is 0 Å². The number of aromatic nitrogens is 3. The molecule has 0 spiro atoms. The van der Waals surface area contributed by atoms with Crippen molar-refractivity contribution in [2.75, 3.05) is 0 Å². The minimum absolute atomic E-state index is 0.638. The zero-order chi connectivity index (χ0) is 15.4. The normalized spacial score (nSPS) is 13.5. The van der Waals surface area contributed by atoms with Crippen molar-refractivity contribution in [3.63, 3.8) is 0 Å². The molecule has 1 aromatic heterocycles. The van der Waals surface area contributed by atoms with Crippen LogP contribution >= 0.6 is 15.9 Å². The highest BCUT2D eigenvalue weighted by Gasteiger charge is 2.25. The van der Waals surface area contributed by atoms with Gasteiger partial charge in [-0.2, -0.15) is 5.10 Å². The Morgan fingerprint density at radius 3 is 2.41 bits per heavy atom. The molecular weight excluding hydrogens is 346 g/mol. The molecule has 2 atom stereocenters. The predicted octanol–water partition coefficient (Wildman–Crippen LogP) is 3.35. The summed E-state index contributed by atoms with van der Waals surface area (Å²) >= 11 is 3.38. The molecule has 2 aromatic carbocycles. The van der Waals surface area contributed by atoms with Crippen LogP contribution in [0.1, 0.15) is 17.9 Å². The number of halogens is 1. The minimum Gasteiger partial charge on any atom is -0.465 e. The molecule has 3 aromatic rings. The van der Waals surface area contributed by atoms with Crippen LogP contribution in [0.2, 0.25) is 0 Å². The fraction of sp³-hybridized carbons (Fsp3) is 0.125. The topological polar surface area (TPSA) is 60.2 Å². The standard InChI is InChI=1S/C16H14BrN3O2/c17-13-6-8-14(9-7-13)22-16(20-11-18-10-19-20)15(21)12-4-2-1-3-5-12/h1-11,15-16,21H. The quantitative estimate of drug-likeness (QED) is 0.758. The molecule has 22 heavy (non-hydrogen) atoms. The van der Waals surface area contributed by atoms with Crippen LogP contribution in [-0.2, 0) is 0 Å². The number of benzene rings is 2. The lowest BCUT2D eigenvalue weighted by Crippen LogP contribution is -2.24. The molecule has 3 rings (SSSR count). The summed E-state index contributed by atoms with van der Waals surface area (Å²) in [5.74, 6) is 0.638. The van der Waals surface area contributed by atoms with Crippen molar-refractivity contribution < 1.29 is 9.84 Å². The van der Waals surface area contributed by atoms with E-state index in [1.54, 1.807) is 0 Å². The fourth-order valence-corrected chi connectivity index (χ4v) is 2.34. The highest BCUT2D eigenvalue weighted by atomic mass is 79.9. The molecule has 2 unspecified atom stereocenters. The average Bonchev–Trinajstić information content (AvgIpc) is 3.09. The van der Waals surface area contributed by atoms with Gasteiger partial charge < -0.3 is 9.84 Å². The number of nitrogens with zero attached hydrogens (tertiary/aromatic N) is 3. The lowest BCUT2D eigenvalue weighted by molar-refractivity contribution is -0.0192. The summed E-state index contributed by atoms with van der Waals surface area (Å²) in [5.41, 5.74) is 0.750. The molecule has 112 valence electrons. The Labute approximate surface area is 136 Å². The second-order valence-corrected chi connectivity index (χ2v) is 5.61. The van der Waals surface area contributed by atoms with Crippen molar-refractivity contribution in [3.8, 4) is 5.75 Å². The summed E-state index contributed by atoms with van der Waals surface area (Å²) in [4.78, 5) is 3.93. The molecule has 1 heterocycles. The lowest BCUT2D eigenvalue weighted by Gasteiger charge is -2.24. The first-order chi connectivity index (χ1) is 10.7. The van der Waals surface area contributed by atoms with E-state index in [2.05, 4.69) is 26.0 Å². The monoisotopic (exact) mass is 359 g/mol. The first kappa shape index (κ1) is 14.7. The van der Waals surface area contributed by atoms with Gasteiger partial charge in [-0.05, 0) is 29.8 Å². The van der Waals surface area contributed by atoms with E-state index < -0.39 is 12.3 Å². The van der Waals surface area contributed by atoms with E-state index in [0.717, 1.165) is 10.0 Å². The van der Waals surface area contributed by atoms with Gasteiger partial charge in [-0.3, -0.25) is 0 Å². The summed E-state index contributed by atoms with van der Waals surface area (Å²) in [6.07, 6.45) is 1.36. The summed E-state index contributed by atoms with van der Waals surface area (Å²) in [7, 11) is 0. The van der Waals surface area contributed by atoms with Crippen LogP contribution < -0.4 is 4.74 Å². The van der Waals surface area contributed by atoms with Crippen LogP contribution in [-0.4, -0.2) is 19.9 Å². The number of rotatable bonds is 5. The predicted molar refractivity (Wildman–Crippen MR) is 85.2 cm³/mol. The van der Waals surface area contributed by atoms with E-state index >= 15 is 0 Å². The number of hydrogen-bond acceptors (Lipinski definition) is 4. The van der Waals surface area contributed by atoms with E-state index in [9.17, 15) is 5.11 Å². The molecule has 0 radical (unpaired) electrons. The van der Waals surface area contributed by atoms with Crippen LogP contribution in [0.5, 0.6) is 5.75 Å². The average molecular weight is 360 g/mol. The largest absolute Gasteiger partial charge is 0.465 e. The highest BCUT2D eigenvalue weighted by molar-refractivity contribution is 9.10. The maximum absolute atomic E-state index is 10.6. The molecular formula is C16H14BrN3O2. The maximum Gasteiger partial charge on any atom is 0.222 e. The van der Waals surface area contributed by atoms with Gasteiger partial charge in [0.25, 0.3) is 0 Å². The Morgan fingerprint density at radius 2 is 1.77 bits per heavy atom. The van der Waals surface area contributed by atoms with E-state index in [1.165, 1.54) is 17.3 Å². The lowest BCUT2D eigenvalue weighted by atomic mass is 10.1. The number of hydrogen-bond donors (Lipinski definition) is 1. The number of ether oxygens (including phenoxy) is 1. The second kappa shape index (κ2) is 6.72. The van der Waals surface area contributed by atoms with Crippen molar-refractivity contribution in [2.45, 2.75) is 12.3 Å². The van der Waals surface area contributed by atoms with Crippen molar-refractivity contribution >= 4 is 15.9 Å². The zero-order valence-corrected chi connectivity index (χ0v) is 13.2. The molecule has 0 bridgehead atoms. The van der Waals surface area contributed by atoms with Crippen LogP contribution in [0.4, 0.5) is 0 Å². The molecule has 0 amide bonds. The molecule has 1 N–H and O–H groups in total. The van der Waals surface area contributed by atoms with Gasteiger partial charge in [0.05, 0.1) is 0 Å². The molecule has 6 heteroatoms. The van der Waals surface area contributed by atoms with Crippen molar-refractivity contribution in [2.24, 2.45) is 0 Å². The van der Waals surface area contributed by atoms with E-state index in [0.29, 0.717) is 5.75 Å². The van der Waals surface area contributed by atoms with Gasteiger partial charge in [0, 0.05) is 4.47 Å². The smallest absolute Gasteiger partial charge is 0.222 e.